The lowest BCUT2D eigenvalue weighted by molar-refractivity contribution is 0.134. The lowest BCUT2D eigenvalue weighted by atomic mass is 9.94. The van der Waals surface area contributed by atoms with E-state index >= 15 is 0 Å². The molecule has 0 bridgehead atoms. The molecule has 1 saturated carbocycles. The van der Waals surface area contributed by atoms with Crippen LogP contribution in [0.5, 0.6) is 11.5 Å². The Bertz CT molecular complexity index is 505. The Morgan fingerprint density at radius 1 is 1.33 bits per heavy atom. The van der Waals surface area contributed by atoms with Crippen LogP contribution in [0.25, 0.3) is 0 Å². The number of rotatable bonds is 2. The van der Waals surface area contributed by atoms with Crippen LogP contribution >= 0.6 is 0 Å². The van der Waals surface area contributed by atoms with Crippen LogP contribution in [0.15, 0.2) is 22.4 Å². The lowest BCUT2D eigenvalue weighted by Crippen LogP contribution is -2.24. The Labute approximate surface area is 107 Å². The van der Waals surface area contributed by atoms with Crippen molar-refractivity contribution >= 4 is 5.69 Å². The highest BCUT2D eigenvalue weighted by molar-refractivity contribution is 5.61. The van der Waals surface area contributed by atoms with E-state index in [4.69, 9.17) is 4.74 Å². The second kappa shape index (κ2) is 3.97. The number of azo groups is 1. The van der Waals surface area contributed by atoms with Crippen molar-refractivity contribution in [2.75, 3.05) is 0 Å². The molecule has 0 atom stereocenters. The van der Waals surface area contributed by atoms with Crippen LogP contribution in [0.4, 0.5) is 5.69 Å². The van der Waals surface area contributed by atoms with Gasteiger partial charge in [-0.05, 0) is 45.2 Å². The first-order chi connectivity index (χ1) is 8.55. The predicted molar refractivity (Wildman–Crippen MR) is 68.7 cm³/mol. The summed E-state index contributed by atoms with van der Waals surface area (Å²) >= 11 is 0. The molecule has 1 N–H and O–H groups in total. The van der Waals surface area contributed by atoms with Gasteiger partial charge in [0.05, 0.1) is 11.7 Å². The minimum absolute atomic E-state index is 0.193. The second-order valence-electron chi connectivity index (χ2n) is 5.75. The molecular formula is C14H18N2O2. The van der Waals surface area contributed by atoms with E-state index in [-0.39, 0.29) is 11.4 Å². The number of hydrogen-bond donors (Lipinski definition) is 1. The van der Waals surface area contributed by atoms with Gasteiger partial charge < -0.3 is 9.84 Å². The smallest absolute Gasteiger partial charge is 0.167 e. The molecule has 1 heterocycles. The summed E-state index contributed by atoms with van der Waals surface area (Å²) in [4.78, 5) is 0. The Balaban J connectivity index is 1.92. The molecule has 0 unspecified atom stereocenters. The monoisotopic (exact) mass is 246 g/mol. The van der Waals surface area contributed by atoms with Gasteiger partial charge in [-0.2, -0.15) is 10.2 Å². The summed E-state index contributed by atoms with van der Waals surface area (Å²) in [6.07, 6.45) is 4.31. The molecule has 1 aromatic carbocycles. The highest BCUT2D eigenvalue weighted by Gasteiger charge is 2.34. The minimum Gasteiger partial charge on any atom is -0.504 e. The van der Waals surface area contributed by atoms with E-state index in [1.165, 1.54) is 6.42 Å². The van der Waals surface area contributed by atoms with Crippen molar-refractivity contribution in [3.05, 3.63) is 17.7 Å². The van der Waals surface area contributed by atoms with Crippen molar-refractivity contribution < 1.29 is 9.84 Å². The van der Waals surface area contributed by atoms with Crippen LogP contribution in [0.1, 0.15) is 38.7 Å². The first kappa shape index (κ1) is 11.5. The molecule has 4 nitrogen and oxygen atoms in total. The molecule has 0 radical (unpaired) electrons. The summed E-state index contributed by atoms with van der Waals surface area (Å²) in [7, 11) is 0. The van der Waals surface area contributed by atoms with Gasteiger partial charge in [-0.25, -0.2) is 0 Å². The average Bonchev–Trinajstić information content (AvgIpc) is 2.56. The van der Waals surface area contributed by atoms with Gasteiger partial charge in [0, 0.05) is 12.0 Å². The first-order valence-corrected chi connectivity index (χ1v) is 6.50. The van der Waals surface area contributed by atoms with E-state index in [1.54, 1.807) is 6.07 Å². The molecule has 3 rings (SSSR count). The minimum atomic E-state index is -0.276. The van der Waals surface area contributed by atoms with Crippen LogP contribution in [0, 0.1) is 0 Å². The van der Waals surface area contributed by atoms with Gasteiger partial charge in [0.25, 0.3) is 0 Å². The first-order valence-electron chi connectivity index (χ1n) is 6.50. The van der Waals surface area contributed by atoms with Crippen molar-refractivity contribution in [2.24, 2.45) is 10.2 Å². The molecule has 0 spiro atoms. The molecular weight excluding hydrogens is 228 g/mol. The SMILES string of the molecule is CC1(C)Cc2c(N=NC3CCC3)ccc(O)c2O1. The summed E-state index contributed by atoms with van der Waals surface area (Å²) in [6.45, 7) is 4.03. The Hall–Kier alpha value is -1.58. The van der Waals surface area contributed by atoms with Gasteiger partial charge in [0.15, 0.2) is 11.5 Å². The van der Waals surface area contributed by atoms with E-state index in [9.17, 15) is 5.11 Å². The van der Waals surface area contributed by atoms with Gasteiger partial charge in [-0.1, -0.05) is 0 Å². The zero-order valence-electron chi connectivity index (χ0n) is 10.8. The van der Waals surface area contributed by atoms with Crippen molar-refractivity contribution in [1.82, 2.24) is 0 Å². The van der Waals surface area contributed by atoms with E-state index in [2.05, 4.69) is 10.2 Å². The average molecular weight is 246 g/mol. The maximum atomic E-state index is 9.83. The van der Waals surface area contributed by atoms with Gasteiger partial charge in [0.2, 0.25) is 0 Å². The molecule has 0 amide bonds. The maximum Gasteiger partial charge on any atom is 0.167 e. The third-order valence-corrected chi connectivity index (χ3v) is 3.60. The van der Waals surface area contributed by atoms with Gasteiger partial charge in [-0.15, -0.1) is 0 Å². The fourth-order valence-electron chi connectivity index (χ4n) is 2.37. The van der Waals surface area contributed by atoms with Crippen LogP contribution in [-0.2, 0) is 6.42 Å². The van der Waals surface area contributed by atoms with Crippen LogP contribution < -0.4 is 4.74 Å². The summed E-state index contributed by atoms with van der Waals surface area (Å²) in [5, 5.41) is 18.5. The van der Waals surface area contributed by atoms with Crippen molar-refractivity contribution in [2.45, 2.75) is 51.2 Å². The van der Waals surface area contributed by atoms with Crippen molar-refractivity contribution in [3.63, 3.8) is 0 Å². The number of fused-ring (bicyclic) bond motifs is 1. The largest absolute Gasteiger partial charge is 0.504 e. The number of aromatic hydroxyl groups is 1. The van der Waals surface area contributed by atoms with E-state index in [0.29, 0.717) is 11.8 Å². The zero-order chi connectivity index (χ0) is 12.8. The summed E-state index contributed by atoms with van der Waals surface area (Å²) in [5.74, 6) is 0.767. The zero-order valence-corrected chi connectivity index (χ0v) is 10.8. The van der Waals surface area contributed by atoms with Gasteiger partial charge in [0.1, 0.15) is 5.60 Å². The number of hydrogen-bond acceptors (Lipinski definition) is 4. The maximum absolute atomic E-state index is 9.83. The van der Waals surface area contributed by atoms with E-state index in [0.717, 1.165) is 30.5 Å². The fraction of sp³-hybridized carbons (Fsp3) is 0.571. The Morgan fingerprint density at radius 3 is 2.78 bits per heavy atom. The molecule has 96 valence electrons. The van der Waals surface area contributed by atoms with Gasteiger partial charge >= 0.3 is 0 Å². The quantitative estimate of drug-likeness (QED) is 0.808. The third kappa shape index (κ3) is 1.96. The molecule has 4 heteroatoms. The number of phenolic OH excluding ortho intramolecular Hbond substituents is 1. The molecule has 1 aliphatic carbocycles. The second-order valence-corrected chi connectivity index (χ2v) is 5.75. The molecule has 0 aromatic heterocycles. The van der Waals surface area contributed by atoms with Crippen molar-refractivity contribution in [3.8, 4) is 11.5 Å². The van der Waals surface area contributed by atoms with E-state index < -0.39 is 0 Å². The van der Waals surface area contributed by atoms with Crippen molar-refractivity contribution in [1.29, 1.82) is 0 Å². The Kier molecular flexibility index (Phi) is 2.54. The van der Waals surface area contributed by atoms with Crippen LogP contribution in [0.3, 0.4) is 0 Å². The fourth-order valence-corrected chi connectivity index (χ4v) is 2.37. The highest BCUT2D eigenvalue weighted by atomic mass is 16.5. The standard InChI is InChI=1S/C14H18N2O2/c1-14(2)8-10-11(16-15-9-4-3-5-9)6-7-12(17)13(10)18-14/h6-7,9,17H,3-5,8H2,1-2H3. The molecule has 0 saturated heterocycles. The highest BCUT2D eigenvalue weighted by Crippen LogP contribution is 2.46. The normalized spacial score (nSPS) is 21.7. The molecule has 1 aromatic rings. The lowest BCUT2D eigenvalue weighted by Gasteiger charge is -2.19. The third-order valence-electron chi connectivity index (χ3n) is 3.60. The summed E-state index contributed by atoms with van der Waals surface area (Å²) < 4.78 is 5.76. The summed E-state index contributed by atoms with van der Waals surface area (Å²) in [5.41, 5.74) is 1.53. The number of benzene rings is 1. The summed E-state index contributed by atoms with van der Waals surface area (Å²) in [6, 6.07) is 3.85. The number of phenols is 1. The topological polar surface area (TPSA) is 54.2 Å². The van der Waals surface area contributed by atoms with Crippen LogP contribution in [-0.4, -0.2) is 16.7 Å². The van der Waals surface area contributed by atoms with Crippen LogP contribution in [0.2, 0.25) is 0 Å². The van der Waals surface area contributed by atoms with Gasteiger partial charge in [-0.3, -0.25) is 0 Å². The Morgan fingerprint density at radius 2 is 2.11 bits per heavy atom. The molecule has 18 heavy (non-hydrogen) atoms. The number of nitrogens with zero attached hydrogens (tertiary/aromatic N) is 2. The molecule has 1 fully saturated rings. The van der Waals surface area contributed by atoms with E-state index in [1.807, 2.05) is 19.9 Å². The molecule has 2 aliphatic rings. The molecule has 1 aliphatic heterocycles. The number of ether oxygens (including phenoxy) is 1. The predicted octanol–water partition coefficient (Wildman–Crippen LogP) is 3.74.